The van der Waals surface area contributed by atoms with Crippen molar-refractivity contribution in [3.8, 4) is 23.3 Å². The van der Waals surface area contributed by atoms with E-state index in [4.69, 9.17) is 9.47 Å². The largest absolute Gasteiger partial charge is 0.496 e. The maximum absolute atomic E-state index is 12.3. The molecule has 0 fully saturated rings. The normalized spacial score (nSPS) is 10.9. The second kappa shape index (κ2) is 8.74. The van der Waals surface area contributed by atoms with Crippen LogP contribution in [0.3, 0.4) is 0 Å². The third kappa shape index (κ3) is 4.60. The van der Waals surface area contributed by atoms with E-state index in [1.54, 1.807) is 32.4 Å². The number of sulfonamides is 1. The number of hydrogen-bond acceptors (Lipinski definition) is 5. The van der Waals surface area contributed by atoms with E-state index in [9.17, 15) is 8.42 Å². The lowest BCUT2D eigenvalue weighted by atomic mass is 10.2. The van der Waals surface area contributed by atoms with Gasteiger partial charge in [-0.2, -0.15) is 4.72 Å². The van der Waals surface area contributed by atoms with Crippen LogP contribution in [0, 0.1) is 18.8 Å². The average Bonchev–Trinajstić information content (AvgIpc) is 2.70. The van der Waals surface area contributed by atoms with E-state index in [2.05, 4.69) is 21.5 Å². The number of methoxy groups -OCH3 is 1. The highest BCUT2D eigenvalue weighted by Crippen LogP contribution is 2.23. The Labute approximate surface area is 164 Å². The van der Waals surface area contributed by atoms with Crippen LogP contribution in [0.1, 0.15) is 5.56 Å². The van der Waals surface area contributed by atoms with Crippen LogP contribution in [0.4, 0.5) is 0 Å². The molecule has 0 saturated carbocycles. The van der Waals surface area contributed by atoms with Crippen molar-refractivity contribution in [2.75, 3.05) is 20.3 Å². The van der Waals surface area contributed by atoms with Crippen LogP contribution < -0.4 is 14.2 Å². The Kier molecular flexibility index (Phi) is 6.14. The second-order valence-corrected chi connectivity index (χ2v) is 7.70. The van der Waals surface area contributed by atoms with E-state index >= 15 is 0 Å². The first-order valence-electron chi connectivity index (χ1n) is 8.58. The van der Waals surface area contributed by atoms with Crippen molar-refractivity contribution in [1.29, 1.82) is 0 Å². The summed E-state index contributed by atoms with van der Waals surface area (Å²) in [5, 5.41) is 0.982. The molecule has 1 heterocycles. The Morgan fingerprint density at radius 1 is 1.07 bits per heavy atom. The van der Waals surface area contributed by atoms with Crippen molar-refractivity contribution in [3.63, 3.8) is 0 Å². The van der Waals surface area contributed by atoms with Crippen molar-refractivity contribution >= 4 is 20.9 Å². The summed E-state index contributed by atoms with van der Waals surface area (Å²) >= 11 is 0. The number of nitrogens with one attached hydrogen (secondary N) is 1. The van der Waals surface area contributed by atoms with Crippen LogP contribution in [-0.4, -0.2) is 33.7 Å². The molecule has 0 atom stereocenters. The van der Waals surface area contributed by atoms with Gasteiger partial charge in [0, 0.05) is 11.6 Å². The molecule has 3 aromatic rings. The Balaban J connectivity index is 1.57. The zero-order valence-corrected chi connectivity index (χ0v) is 16.4. The fourth-order valence-corrected chi connectivity index (χ4v) is 3.66. The lowest BCUT2D eigenvalue weighted by Crippen LogP contribution is -2.24. The van der Waals surface area contributed by atoms with Crippen LogP contribution in [0.15, 0.2) is 59.6 Å². The quantitative estimate of drug-likeness (QED) is 0.649. The van der Waals surface area contributed by atoms with Gasteiger partial charge >= 0.3 is 0 Å². The van der Waals surface area contributed by atoms with Crippen LogP contribution in [0.2, 0.25) is 0 Å². The molecule has 0 aliphatic carbocycles. The number of hydrogen-bond donors (Lipinski definition) is 1. The maximum atomic E-state index is 12.3. The van der Waals surface area contributed by atoms with Crippen molar-refractivity contribution in [3.05, 3.63) is 60.3 Å². The Morgan fingerprint density at radius 3 is 2.68 bits per heavy atom. The number of aryl methyl sites for hydroxylation is 1. The predicted molar refractivity (Wildman–Crippen MR) is 108 cm³/mol. The van der Waals surface area contributed by atoms with Crippen molar-refractivity contribution in [1.82, 2.24) is 9.71 Å². The van der Waals surface area contributed by atoms with Gasteiger partial charge < -0.3 is 9.47 Å². The van der Waals surface area contributed by atoms with E-state index in [1.165, 1.54) is 6.07 Å². The molecule has 0 radical (unpaired) electrons. The Morgan fingerprint density at radius 2 is 1.89 bits per heavy atom. The van der Waals surface area contributed by atoms with Crippen LogP contribution in [0.5, 0.6) is 11.5 Å². The fourth-order valence-electron chi connectivity index (χ4n) is 2.65. The highest BCUT2D eigenvalue weighted by Gasteiger charge is 2.14. The molecule has 0 amide bonds. The van der Waals surface area contributed by atoms with Crippen LogP contribution >= 0.6 is 0 Å². The third-order valence-corrected chi connectivity index (χ3v) is 5.45. The van der Waals surface area contributed by atoms with Gasteiger partial charge in [0.15, 0.2) is 0 Å². The summed E-state index contributed by atoms with van der Waals surface area (Å²) in [6.07, 6.45) is 1.70. The summed E-state index contributed by atoms with van der Waals surface area (Å²) in [5.41, 5.74) is 1.51. The monoisotopic (exact) mass is 396 g/mol. The lowest BCUT2D eigenvalue weighted by Gasteiger charge is -2.08. The number of aromatic nitrogens is 1. The van der Waals surface area contributed by atoms with Crippen LogP contribution in [-0.2, 0) is 10.0 Å². The van der Waals surface area contributed by atoms with Crippen molar-refractivity contribution in [2.24, 2.45) is 0 Å². The third-order valence-electron chi connectivity index (χ3n) is 4.05. The molecule has 1 N–H and O–H groups in total. The number of benzene rings is 2. The molecule has 7 heteroatoms. The molecule has 0 bridgehead atoms. The maximum Gasteiger partial charge on any atom is 0.241 e. The summed E-state index contributed by atoms with van der Waals surface area (Å²) in [4.78, 5) is 4.48. The molecule has 0 aliphatic heterocycles. The summed E-state index contributed by atoms with van der Waals surface area (Å²) in [5.74, 6) is 6.84. The van der Waals surface area contributed by atoms with Crippen molar-refractivity contribution < 1.29 is 17.9 Å². The highest BCUT2D eigenvalue weighted by molar-refractivity contribution is 7.89. The molecule has 2 aromatic carbocycles. The fraction of sp³-hybridized carbons (Fsp3) is 0.190. The molecule has 0 saturated heterocycles. The van der Waals surface area contributed by atoms with Gasteiger partial charge in [0.1, 0.15) is 23.6 Å². The first-order chi connectivity index (χ1) is 13.5. The zero-order chi connectivity index (χ0) is 20.0. The topological polar surface area (TPSA) is 77.5 Å². The van der Waals surface area contributed by atoms with Crippen LogP contribution in [0.25, 0.3) is 10.9 Å². The number of rotatable bonds is 6. The van der Waals surface area contributed by atoms with Gasteiger partial charge in [0.05, 0.1) is 18.6 Å². The van der Waals surface area contributed by atoms with Gasteiger partial charge in [-0.3, -0.25) is 4.98 Å². The van der Waals surface area contributed by atoms with E-state index < -0.39 is 10.0 Å². The molecule has 144 valence electrons. The van der Waals surface area contributed by atoms with Gasteiger partial charge in [0.25, 0.3) is 0 Å². The first kappa shape index (κ1) is 19.7. The molecular formula is C21H20N2O4S. The summed E-state index contributed by atoms with van der Waals surface area (Å²) in [7, 11) is -2.09. The van der Waals surface area contributed by atoms with E-state index in [0.29, 0.717) is 11.5 Å². The number of para-hydroxylation sites is 1. The standard InChI is InChI=1S/C21H20N2O4S/c1-16-15-18(10-11-19(16)26-2)28(24,25)23-13-3-4-14-27-20-9-5-7-17-8-6-12-22-21(17)20/h5-12,15,23H,13-14H2,1-2H3. The molecule has 3 rings (SSSR count). The van der Waals surface area contributed by atoms with Gasteiger partial charge in [-0.05, 0) is 42.8 Å². The minimum Gasteiger partial charge on any atom is -0.496 e. The predicted octanol–water partition coefficient (Wildman–Crippen LogP) is 2.91. The Hall–Kier alpha value is -3.08. The van der Waals surface area contributed by atoms with E-state index in [1.807, 2.05) is 30.3 Å². The summed E-state index contributed by atoms with van der Waals surface area (Å²) in [6, 6.07) is 14.2. The average molecular weight is 396 g/mol. The Bertz CT molecular complexity index is 1140. The number of fused-ring (bicyclic) bond motifs is 1. The smallest absolute Gasteiger partial charge is 0.241 e. The molecule has 1 aromatic heterocycles. The van der Waals surface area contributed by atoms with E-state index in [0.717, 1.165) is 16.5 Å². The van der Waals surface area contributed by atoms with Gasteiger partial charge in [-0.1, -0.05) is 30.0 Å². The van der Waals surface area contributed by atoms with Gasteiger partial charge in [-0.25, -0.2) is 8.42 Å². The molecule has 0 unspecified atom stereocenters. The van der Waals surface area contributed by atoms with Gasteiger partial charge in [-0.15, -0.1) is 0 Å². The lowest BCUT2D eigenvalue weighted by molar-refractivity contribution is 0.374. The molecule has 0 aliphatic rings. The molecule has 6 nitrogen and oxygen atoms in total. The van der Waals surface area contributed by atoms with Crippen molar-refractivity contribution in [2.45, 2.75) is 11.8 Å². The first-order valence-corrected chi connectivity index (χ1v) is 10.1. The molecule has 28 heavy (non-hydrogen) atoms. The summed E-state index contributed by atoms with van der Waals surface area (Å²) in [6.45, 7) is 1.92. The van der Waals surface area contributed by atoms with E-state index in [-0.39, 0.29) is 18.0 Å². The molecular weight excluding hydrogens is 376 g/mol. The minimum absolute atomic E-state index is 0.00937. The van der Waals surface area contributed by atoms with Gasteiger partial charge in [0.2, 0.25) is 10.0 Å². The number of nitrogens with zero attached hydrogens (tertiary/aromatic N) is 1. The summed E-state index contributed by atoms with van der Waals surface area (Å²) < 4.78 is 37.9. The number of pyridine rings is 1. The minimum atomic E-state index is -3.63. The molecule has 0 spiro atoms. The number of ether oxygens (including phenoxy) is 2. The SMILES string of the molecule is COc1ccc(S(=O)(=O)NCC#CCOc2cccc3cccnc23)cc1C. The highest BCUT2D eigenvalue weighted by atomic mass is 32.2. The zero-order valence-electron chi connectivity index (χ0n) is 15.6. The second-order valence-electron chi connectivity index (χ2n) is 5.93.